The van der Waals surface area contributed by atoms with E-state index in [2.05, 4.69) is 6.07 Å². The lowest BCUT2D eigenvalue weighted by atomic mass is 9.89. The quantitative estimate of drug-likeness (QED) is 0.858. The van der Waals surface area contributed by atoms with Gasteiger partial charge in [-0.1, -0.05) is 6.07 Å². The van der Waals surface area contributed by atoms with Gasteiger partial charge in [0, 0.05) is 18.0 Å². The molecule has 4 nitrogen and oxygen atoms in total. The van der Waals surface area contributed by atoms with Crippen LogP contribution in [-0.4, -0.2) is 43.7 Å². The van der Waals surface area contributed by atoms with Crippen LogP contribution in [0.25, 0.3) is 0 Å². The van der Waals surface area contributed by atoms with E-state index in [1.807, 2.05) is 38.9 Å². The van der Waals surface area contributed by atoms with Crippen molar-refractivity contribution in [3.63, 3.8) is 0 Å². The molecule has 1 atom stereocenters. The Hall–Kier alpha value is -1.55. The number of carboxylic acid groups (broad SMARTS) is 1. The second-order valence-corrected chi connectivity index (χ2v) is 5.25. The van der Waals surface area contributed by atoms with Crippen molar-refractivity contribution in [3.05, 3.63) is 28.8 Å². The molecule has 0 aliphatic carbocycles. The molecule has 1 N–H and O–H groups in total. The number of benzene rings is 1. The smallest absolute Gasteiger partial charge is 0.304 e. The number of rotatable bonds is 6. The van der Waals surface area contributed by atoms with Crippen molar-refractivity contribution in [2.75, 3.05) is 27.7 Å². The number of carbonyl (C=O) groups is 1. The normalized spacial score (nSPS) is 12.5. The number of likely N-dealkylation sites (N-methyl/N-ethyl adjacent to an activating group) is 1. The molecule has 0 heterocycles. The standard InChI is InChI=1S/C15H23NO3/c1-10-6-11(2)15(13(7-10)19-5)12(8-14(17)18)9-16(3)4/h6-7,12H,8-9H2,1-5H3,(H,17,18). The first-order chi connectivity index (χ1) is 8.85. The molecular formula is C15H23NO3. The fourth-order valence-electron chi connectivity index (χ4n) is 2.54. The third kappa shape index (κ3) is 4.24. The highest BCUT2D eigenvalue weighted by Gasteiger charge is 2.22. The number of aliphatic carboxylic acids is 1. The van der Waals surface area contributed by atoms with Crippen LogP contribution in [0.2, 0.25) is 0 Å². The number of hydrogen-bond acceptors (Lipinski definition) is 3. The van der Waals surface area contributed by atoms with Gasteiger partial charge in [-0.25, -0.2) is 0 Å². The highest BCUT2D eigenvalue weighted by molar-refractivity contribution is 5.68. The predicted octanol–water partition coefficient (Wildman–Crippen LogP) is 2.43. The third-order valence-electron chi connectivity index (χ3n) is 3.13. The van der Waals surface area contributed by atoms with Crippen molar-refractivity contribution >= 4 is 5.97 Å². The van der Waals surface area contributed by atoms with E-state index in [4.69, 9.17) is 9.84 Å². The summed E-state index contributed by atoms with van der Waals surface area (Å²) in [4.78, 5) is 13.1. The Kier molecular flexibility index (Phi) is 5.36. The summed E-state index contributed by atoms with van der Waals surface area (Å²) in [6.07, 6.45) is 0.110. The van der Waals surface area contributed by atoms with Crippen molar-refractivity contribution in [2.45, 2.75) is 26.2 Å². The van der Waals surface area contributed by atoms with Crippen molar-refractivity contribution < 1.29 is 14.6 Å². The minimum absolute atomic E-state index is 0.0666. The molecule has 1 aromatic rings. The molecule has 0 aliphatic heterocycles. The number of methoxy groups -OCH3 is 1. The average Bonchev–Trinajstić information content (AvgIpc) is 2.25. The second kappa shape index (κ2) is 6.57. The lowest BCUT2D eigenvalue weighted by Crippen LogP contribution is -2.23. The molecule has 4 heteroatoms. The van der Waals surface area contributed by atoms with Gasteiger partial charge in [0.15, 0.2) is 0 Å². The largest absolute Gasteiger partial charge is 0.496 e. The Morgan fingerprint density at radius 2 is 2.00 bits per heavy atom. The van der Waals surface area contributed by atoms with E-state index in [0.29, 0.717) is 6.54 Å². The Bertz CT molecular complexity index is 455. The Labute approximate surface area is 115 Å². The van der Waals surface area contributed by atoms with Crippen LogP contribution in [0.3, 0.4) is 0 Å². The van der Waals surface area contributed by atoms with Gasteiger partial charge in [0.2, 0.25) is 0 Å². The molecule has 1 rings (SSSR count). The highest BCUT2D eigenvalue weighted by Crippen LogP contribution is 2.33. The van der Waals surface area contributed by atoms with Crippen molar-refractivity contribution in [3.8, 4) is 5.75 Å². The van der Waals surface area contributed by atoms with E-state index in [-0.39, 0.29) is 12.3 Å². The summed E-state index contributed by atoms with van der Waals surface area (Å²) >= 11 is 0. The molecule has 1 unspecified atom stereocenters. The third-order valence-corrected chi connectivity index (χ3v) is 3.13. The molecule has 0 radical (unpaired) electrons. The van der Waals surface area contributed by atoms with Gasteiger partial charge in [-0.15, -0.1) is 0 Å². The average molecular weight is 265 g/mol. The summed E-state index contributed by atoms with van der Waals surface area (Å²) in [7, 11) is 5.53. The van der Waals surface area contributed by atoms with E-state index in [9.17, 15) is 4.79 Å². The fraction of sp³-hybridized carbons (Fsp3) is 0.533. The number of hydrogen-bond donors (Lipinski definition) is 1. The van der Waals surface area contributed by atoms with Gasteiger partial charge in [-0.2, -0.15) is 0 Å². The van der Waals surface area contributed by atoms with Crippen LogP contribution >= 0.6 is 0 Å². The Balaban J connectivity index is 3.23. The lowest BCUT2D eigenvalue weighted by Gasteiger charge is -2.24. The molecule has 0 aliphatic rings. The van der Waals surface area contributed by atoms with Crippen LogP contribution in [0.1, 0.15) is 29.0 Å². The van der Waals surface area contributed by atoms with Gasteiger partial charge >= 0.3 is 5.97 Å². The first-order valence-corrected chi connectivity index (χ1v) is 6.36. The van der Waals surface area contributed by atoms with Gasteiger partial charge in [0.05, 0.1) is 13.5 Å². The molecular weight excluding hydrogens is 242 g/mol. The minimum atomic E-state index is -0.783. The van der Waals surface area contributed by atoms with Crippen LogP contribution in [-0.2, 0) is 4.79 Å². The van der Waals surface area contributed by atoms with E-state index < -0.39 is 5.97 Å². The summed E-state index contributed by atoms with van der Waals surface area (Å²) in [6.45, 7) is 4.71. The lowest BCUT2D eigenvalue weighted by molar-refractivity contribution is -0.137. The first-order valence-electron chi connectivity index (χ1n) is 6.36. The minimum Gasteiger partial charge on any atom is -0.496 e. The molecule has 0 saturated heterocycles. The number of ether oxygens (including phenoxy) is 1. The van der Waals surface area contributed by atoms with Gasteiger partial charge in [0.1, 0.15) is 5.75 Å². The molecule has 106 valence electrons. The maximum atomic E-state index is 11.1. The summed E-state index contributed by atoms with van der Waals surface area (Å²) < 4.78 is 5.44. The van der Waals surface area contributed by atoms with E-state index in [1.165, 1.54) is 0 Å². The number of carboxylic acids is 1. The molecule has 0 spiro atoms. The monoisotopic (exact) mass is 265 g/mol. The summed E-state index contributed by atoms with van der Waals surface area (Å²) in [5.74, 6) is -0.0671. The molecule has 0 bridgehead atoms. The maximum absolute atomic E-state index is 11.1. The van der Waals surface area contributed by atoms with Crippen molar-refractivity contribution in [1.29, 1.82) is 0 Å². The molecule has 1 aromatic carbocycles. The van der Waals surface area contributed by atoms with Crippen molar-refractivity contribution in [2.24, 2.45) is 0 Å². The highest BCUT2D eigenvalue weighted by atomic mass is 16.5. The van der Waals surface area contributed by atoms with Gasteiger partial charge in [-0.3, -0.25) is 4.79 Å². The zero-order valence-corrected chi connectivity index (χ0v) is 12.4. The molecule has 0 aromatic heterocycles. The zero-order chi connectivity index (χ0) is 14.6. The Morgan fingerprint density at radius 1 is 1.37 bits per heavy atom. The summed E-state index contributed by atoms with van der Waals surface area (Å²) in [5, 5.41) is 9.11. The Morgan fingerprint density at radius 3 is 2.47 bits per heavy atom. The predicted molar refractivity (Wildman–Crippen MR) is 76.0 cm³/mol. The van der Waals surface area contributed by atoms with E-state index >= 15 is 0 Å². The molecule has 0 amide bonds. The number of nitrogens with zero attached hydrogens (tertiary/aromatic N) is 1. The molecule has 0 fully saturated rings. The van der Waals surface area contributed by atoms with E-state index in [1.54, 1.807) is 7.11 Å². The molecule has 19 heavy (non-hydrogen) atoms. The summed E-state index contributed by atoms with van der Waals surface area (Å²) in [5.41, 5.74) is 3.21. The van der Waals surface area contributed by atoms with Gasteiger partial charge in [-0.05, 0) is 45.1 Å². The maximum Gasteiger partial charge on any atom is 0.304 e. The fourth-order valence-corrected chi connectivity index (χ4v) is 2.54. The van der Waals surface area contributed by atoms with Crippen LogP contribution in [0.4, 0.5) is 0 Å². The van der Waals surface area contributed by atoms with Crippen LogP contribution < -0.4 is 4.74 Å². The summed E-state index contributed by atoms with van der Waals surface area (Å²) in [6, 6.07) is 4.04. The van der Waals surface area contributed by atoms with Crippen LogP contribution in [0.15, 0.2) is 12.1 Å². The van der Waals surface area contributed by atoms with Crippen LogP contribution in [0, 0.1) is 13.8 Å². The first kappa shape index (κ1) is 15.5. The van der Waals surface area contributed by atoms with Gasteiger partial charge in [0.25, 0.3) is 0 Å². The topological polar surface area (TPSA) is 49.8 Å². The zero-order valence-electron chi connectivity index (χ0n) is 12.4. The van der Waals surface area contributed by atoms with Gasteiger partial charge < -0.3 is 14.7 Å². The molecule has 0 saturated carbocycles. The van der Waals surface area contributed by atoms with Crippen molar-refractivity contribution in [1.82, 2.24) is 4.90 Å². The van der Waals surface area contributed by atoms with Crippen LogP contribution in [0.5, 0.6) is 5.75 Å². The van der Waals surface area contributed by atoms with E-state index in [0.717, 1.165) is 22.4 Å². The second-order valence-electron chi connectivity index (χ2n) is 5.25. The SMILES string of the molecule is COc1cc(C)cc(C)c1C(CC(=O)O)CN(C)C. The number of aryl methyl sites for hydroxylation is 2.